The number of hydrogen-bond donors (Lipinski definition) is 1. The molecule has 0 atom stereocenters. The van der Waals surface area contributed by atoms with Gasteiger partial charge in [-0.05, 0) is 46.4 Å². The molecule has 0 radical (unpaired) electrons. The molecule has 0 heterocycles. The maximum Gasteiger partial charge on any atom is 0.0478 e. The minimum atomic E-state index is 0.819. The quantitative estimate of drug-likeness (QED) is 0.186. The van der Waals surface area contributed by atoms with Crippen LogP contribution in [0.15, 0.2) is 0 Å². The van der Waals surface area contributed by atoms with E-state index in [4.69, 9.17) is 10.5 Å². The van der Waals surface area contributed by atoms with Crippen LogP contribution in [-0.2, 0) is 4.74 Å². The molecule has 0 unspecified atom stereocenters. The molecule has 3 heteroatoms. The number of rotatable bonds is 22. The molecule has 2 N–H and O–H groups in total. The van der Waals surface area contributed by atoms with E-state index in [-0.39, 0.29) is 0 Å². The van der Waals surface area contributed by atoms with E-state index in [1.165, 1.54) is 103 Å². The van der Waals surface area contributed by atoms with E-state index >= 15 is 0 Å². The van der Waals surface area contributed by atoms with Gasteiger partial charge in [-0.3, -0.25) is 0 Å². The molecule has 0 aliphatic rings. The number of unbranched alkanes of at least 4 members (excludes halogenated alkanes) is 15. The van der Waals surface area contributed by atoms with Crippen molar-refractivity contribution >= 4 is 0 Å². The number of nitrogens with zero attached hydrogens (tertiary/aromatic N) is 1. The lowest BCUT2D eigenvalue weighted by Crippen LogP contribution is -2.14. The highest BCUT2D eigenvalue weighted by Crippen LogP contribution is 2.13. The smallest absolute Gasteiger partial charge is 0.0478 e. The van der Waals surface area contributed by atoms with Gasteiger partial charge in [-0.1, -0.05) is 110 Å². The molecule has 0 saturated heterocycles. The van der Waals surface area contributed by atoms with Crippen LogP contribution in [0.25, 0.3) is 0 Å². The Hall–Kier alpha value is -0.120. The Morgan fingerprint density at radius 3 is 1.21 bits per heavy atom. The minimum absolute atomic E-state index is 0.819. The van der Waals surface area contributed by atoms with Crippen LogP contribution in [0.4, 0.5) is 0 Å². The van der Waals surface area contributed by atoms with Crippen molar-refractivity contribution in [3.63, 3.8) is 0 Å². The summed E-state index contributed by atoms with van der Waals surface area (Å²) in [6.07, 6.45) is 25.1. The van der Waals surface area contributed by atoms with Gasteiger partial charge in [0.05, 0.1) is 0 Å². The highest BCUT2D eigenvalue weighted by molar-refractivity contribution is 4.50. The van der Waals surface area contributed by atoms with Crippen LogP contribution in [-0.4, -0.2) is 45.3 Å². The Morgan fingerprint density at radius 1 is 0.517 bits per heavy atom. The lowest BCUT2D eigenvalue weighted by atomic mass is 10.0. The van der Waals surface area contributed by atoms with Crippen LogP contribution in [0, 0.1) is 0 Å². The highest BCUT2D eigenvalue weighted by Gasteiger charge is 1.95. The molecule has 0 aliphatic heterocycles. The summed E-state index contributed by atoms with van der Waals surface area (Å²) in [5.74, 6) is 0. The van der Waals surface area contributed by atoms with Crippen molar-refractivity contribution in [2.45, 2.75) is 129 Å². The van der Waals surface area contributed by atoms with Crippen LogP contribution in [0.1, 0.15) is 129 Å². The lowest BCUT2D eigenvalue weighted by molar-refractivity contribution is 0.122. The van der Waals surface area contributed by atoms with Gasteiger partial charge >= 0.3 is 0 Å². The molecule has 0 spiro atoms. The predicted molar refractivity (Wildman–Crippen MR) is 133 cm³/mol. The second-order valence-electron chi connectivity index (χ2n) is 8.86. The second-order valence-corrected chi connectivity index (χ2v) is 8.86. The van der Waals surface area contributed by atoms with Gasteiger partial charge in [0.15, 0.2) is 0 Å². The molecule has 0 bridgehead atoms. The van der Waals surface area contributed by atoms with Gasteiger partial charge in [0.25, 0.3) is 0 Å². The van der Waals surface area contributed by atoms with Crippen LogP contribution < -0.4 is 5.73 Å². The summed E-state index contributed by atoms with van der Waals surface area (Å²) in [5, 5.41) is 0. The number of nitrogens with two attached hydrogens (primary N) is 1. The normalized spacial score (nSPS) is 11.0. The first-order chi connectivity index (χ1) is 14.2. The third-order valence-corrected chi connectivity index (χ3v) is 5.32. The van der Waals surface area contributed by atoms with E-state index in [1.807, 2.05) is 0 Å². The van der Waals surface area contributed by atoms with Crippen molar-refractivity contribution in [3.8, 4) is 0 Å². The zero-order chi connectivity index (χ0) is 21.8. The second kappa shape index (κ2) is 30.1. The Balaban J connectivity index is 0. The molecule has 0 aromatic heterocycles. The van der Waals surface area contributed by atoms with E-state index in [1.54, 1.807) is 0 Å². The highest BCUT2D eigenvalue weighted by atomic mass is 16.5. The summed E-state index contributed by atoms with van der Waals surface area (Å²) in [5.41, 5.74) is 5.03. The van der Waals surface area contributed by atoms with Crippen LogP contribution >= 0.6 is 0 Å². The van der Waals surface area contributed by atoms with Gasteiger partial charge in [-0.2, -0.15) is 0 Å². The van der Waals surface area contributed by atoms with Gasteiger partial charge in [-0.25, -0.2) is 0 Å². The van der Waals surface area contributed by atoms with Crippen molar-refractivity contribution in [1.82, 2.24) is 4.90 Å². The Kier molecular flexibility index (Phi) is 32.2. The fraction of sp³-hybridized carbons (Fsp3) is 1.00. The van der Waals surface area contributed by atoms with Crippen molar-refractivity contribution in [2.24, 2.45) is 5.73 Å². The molecular formula is C26H58N2O. The molecule has 0 fully saturated rings. The largest absolute Gasteiger partial charge is 0.381 e. The Labute approximate surface area is 185 Å². The van der Waals surface area contributed by atoms with Gasteiger partial charge in [0.2, 0.25) is 0 Å². The van der Waals surface area contributed by atoms with E-state index < -0.39 is 0 Å². The van der Waals surface area contributed by atoms with Crippen LogP contribution in [0.5, 0.6) is 0 Å². The zero-order valence-corrected chi connectivity index (χ0v) is 21.0. The van der Waals surface area contributed by atoms with Gasteiger partial charge in [0, 0.05) is 13.2 Å². The lowest BCUT2D eigenvalue weighted by Gasteiger charge is -2.09. The van der Waals surface area contributed by atoms with Crippen LogP contribution in [0.2, 0.25) is 0 Å². The molecule has 29 heavy (non-hydrogen) atoms. The fourth-order valence-electron chi connectivity index (χ4n) is 3.34. The average molecular weight is 415 g/mol. The number of ether oxygens (including phenoxy) is 1. The molecule has 0 aromatic rings. The third kappa shape index (κ3) is 35.7. The first-order valence-corrected chi connectivity index (χ1v) is 13.1. The molecule has 3 nitrogen and oxygen atoms in total. The number of hydrogen-bond acceptors (Lipinski definition) is 3. The van der Waals surface area contributed by atoms with Gasteiger partial charge in [0.1, 0.15) is 0 Å². The summed E-state index contributed by atoms with van der Waals surface area (Å²) in [6, 6.07) is 0. The minimum Gasteiger partial charge on any atom is -0.381 e. The molecule has 0 rings (SSSR count). The van der Waals surface area contributed by atoms with E-state index in [9.17, 15) is 0 Å². The fourth-order valence-corrected chi connectivity index (χ4v) is 3.34. The van der Waals surface area contributed by atoms with Gasteiger partial charge in [-0.15, -0.1) is 0 Å². The van der Waals surface area contributed by atoms with E-state index in [0.29, 0.717) is 0 Å². The summed E-state index contributed by atoms with van der Waals surface area (Å²) >= 11 is 0. The maximum atomic E-state index is 5.68. The molecule has 0 aromatic carbocycles. The van der Waals surface area contributed by atoms with Crippen LogP contribution in [0.3, 0.4) is 0 Å². The van der Waals surface area contributed by atoms with Crippen molar-refractivity contribution < 1.29 is 4.74 Å². The first kappa shape index (κ1) is 31.1. The standard InChI is InChI=1S/C23H49NO.C3H9N/c1-4-5-6-7-8-9-10-11-12-13-14-15-16-17-18-19-22-25-23-20-21-24(2)3;1-2-3-4/h4-23H2,1-3H3;2-4H2,1H3. The third-order valence-electron chi connectivity index (χ3n) is 5.32. The van der Waals surface area contributed by atoms with E-state index in [2.05, 4.69) is 32.8 Å². The summed E-state index contributed by atoms with van der Waals surface area (Å²) in [7, 11) is 4.24. The summed E-state index contributed by atoms with van der Waals surface area (Å²) in [4.78, 5) is 2.22. The maximum absolute atomic E-state index is 5.68. The van der Waals surface area contributed by atoms with Crippen molar-refractivity contribution in [1.29, 1.82) is 0 Å². The summed E-state index contributed by atoms with van der Waals surface area (Å²) in [6.45, 7) is 8.20. The molecule has 178 valence electrons. The molecule has 0 saturated carbocycles. The Bertz CT molecular complexity index is 257. The average Bonchev–Trinajstić information content (AvgIpc) is 2.72. The van der Waals surface area contributed by atoms with Gasteiger partial charge < -0.3 is 15.4 Å². The first-order valence-electron chi connectivity index (χ1n) is 13.1. The molecule has 0 amide bonds. The molecular weight excluding hydrogens is 356 g/mol. The predicted octanol–water partition coefficient (Wildman–Crippen LogP) is 7.57. The van der Waals surface area contributed by atoms with E-state index in [0.717, 1.165) is 39.1 Å². The zero-order valence-electron chi connectivity index (χ0n) is 21.0. The topological polar surface area (TPSA) is 38.5 Å². The monoisotopic (exact) mass is 414 g/mol. The molecule has 0 aliphatic carbocycles. The summed E-state index contributed by atoms with van der Waals surface area (Å²) < 4.78 is 5.68. The SMILES string of the molecule is CCCCCCCCCCCCCCCCCCOCCCN(C)C.CCCN. The van der Waals surface area contributed by atoms with Crippen molar-refractivity contribution in [3.05, 3.63) is 0 Å². The Morgan fingerprint density at radius 2 is 0.862 bits per heavy atom. The van der Waals surface area contributed by atoms with Crippen molar-refractivity contribution in [2.75, 3.05) is 40.4 Å².